The molecule has 0 spiro atoms. The van der Waals surface area contributed by atoms with E-state index in [1.807, 2.05) is 18.4 Å². The highest BCUT2D eigenvalue weighted by atomic mass is 19.4. The van der Waals surface area contributed by atoms with Crippen LogP contribution < -0.4 is 0 Å². The summed E-state index contributed by atoms with van der Waals surface area (Å²) in [6.07, 6.45) is -2.76. The zero-order valence-electron chi connectivity index (χ0n) is 12.3. The van der Waals surface area contributed by atoms with Crippen molar-refractivity contribution in [3.63, 3.8) is 0 Å². The van der Waals surface area contributed by atoms with Crippen LogP contribution in [0.15, 0.2) is 42.7 Å². The van der Waals surface area contributed by atoms with Crippen LogP contribution in [-0.2, 0) is 12.7 Å². The molecular weight excluding hydrogens is 289 g/mol. The number of aromatic nitrogens is 2. The van der Waals surface area contributed by atoms with Crippen molar-refractivity contribution in [3.8, 4) is 0 Å². The minimum absolute atomic E-state index is 0.360. The van der Waals surface area contributed by atoms with Gasteiger partial charge in [-0.15, -0.1) is 0 Å². The smallest absolute Gasteiger partial charge is 0.326 e. The molecule has 0 unspecified atom stereocenters. The molecule has 0 radical (unpaired) electrons. The summed E-state index contributed by atoms with van der Waals surface area (Å²) in [5.74, 6) is 0. The summed E-state index contributed by atoms with van der Waals surface area (Å²) < 4.78 is 40.0. The fraction of sp³-hybridized carbons (Fsp3) is 0.235. The third kappa shape index (κ3) is 2.84. The Morgan fingerprint density at radius 3 is 2.32 bits per heavy atom. The molecule has 0 saturated carbocycles. The first kappa shape index (κ1) is 14.6. The maximum Gasteiger partial charge on any atom is 0.416 e. The molecular formula is C17H15F3N2. The highest BCUT2D eigenvalue weighted by Crippen LogP contribution is 2.31. The van der Waals surface area contributed by atoms with Crippen LogP contribution in [0, 0.1) is 13.8 Å². The van der Waals surface area contributed by atoms with Crippen LogP contribution in [0.5, 0.6) is 0 Å². The van der Waals surface area contributed by atoms with Crippen LogP contribution in [0.2, 0.25) is 0 Å². The van der Waals surface area contributed by atoms with Gasteiger partial charge in [0.25, 0.3) is 0 Å². The average molecular weight is 304 g/mol. The predicted molar refractivity (Wildman–Crippen MR) is 79.8 cm³/mol. The number of alkyl halides is 3. The summed E-state index contributed by atoms with van der Waals surface area (Å²) in [6, 6.07) is 9.90. The number of halogens is 3. The standard InChI is InChI=1S/C17H15F3N2/c1-11-5-12(2)7-13(6-11)9-22-10-21-15-8-14(17(18,19)20)3-4-16(15)22/h3-8,10H,9H2,1-2H3. The number of rotatable bonds is 2. The van der Waals surface area contributed by atoms with Crippen molar-refractivity contribution in [1.29, 1.82) is 0 Å². The topological polar surface area (TPSA) is 17.8 Å². The molecule has 0 aliphatic rings. The van der Waals surface area contributed by atoms with E-state index >= 15 is 0 Å². The number of fused-ring (bicyclic) bond motifs is 1. The first-order valence-corrected chi connectivity index (χ1v) is 6.92. The summed E-state index contributed by atoms with van der Waals surface area (Å²) in [6.45, 7) is 4.64. The van der Waals surface area contributed by atoms with Gasteiger partial charge in [0.1, 0.15) is 0 Å². The van der Waals surface area contributed by atoms with E-state index in [9.17, 15) is 13.2 Å². The molecule has 0 bridgehead atoms. The van der Waals surface area contributed by atoms with Gasteiger partial charge in [0.15, 0.2) is 0 Å². The van der Waals surface area contributed by atoms with Crippen molar-refractivity contribution in [2.24, 2.45) is 0 Å². The van der Waals surface area contributed by atoms with E-state index in [-0.39, 0.29) is 0 Å². The Balaban J connectivity index is 1.98. The second kappa shape index (κ2) is 5.16. The van der Waals surface area contributed by atoms with Crippen LogP contribution in [0.25, 0.3) is 11.0 Å². The molecule has 1 aromatic heterocycles. The fourth-order valence-electron chi connectivity index (χ4n) is 2.72. The van der Waals surface area contributed by atoms with Gasteiger partial charge in [-0.05, 0) is 37.6 Å². The largest absolute Gasteiger partial charge is 0.416 e. The zero-order valence-corrected chi connectivity index (χ0v) is 12.3. The van der Waals surface area contributed by atoms with E-state index in [2.05, 4.69) is 23.2 Å². The van der Waals surface area contributed by atoms with Gasteiger partial charge >= 0.3 is 6.18 Å². The third-order valence-electron chi connectivity index (χ3n) is 3.58. The minimum atomic E-state index is -4.34. The lowest BCUT2D eigenvalue weighted by molar-refractivity contribution is -0.137. The average Bonchev–Trinajstić information content (AvgIpc) is 2.79. The predicted octanol–water partition coefficient (Wildman–Crippen LogP) is 4.72. The summed E-state index contributed by atoms with van der Waals surface area (Å²) in [4.78, 5) is 4.10. The van der Waals surface area contributed by atoms with Gasteiger partial charge in [-0.3, -0.25) is 0 Å². The summed E-state index contributed by atoms with van der Waals surface area (Å²) in [5, 5.41) is 0. The Kier molecular flexibility index (Phi) is 3.43. The molecule has 3 aromatic rings. The number of hydrogen-bond donors (Lipinski definition) is 0. The van der Waals surface area contributed by atoms with Gasteiger partial charge in [-0.1, -0.05) is 29.3 Å². The SMILES string of the molecule is Cc1cc(C)cc(Cn2cnc3cc(C(F)(F)F)ccc32)c1. The van der Waals surface area contributed by atoms with Crippen LogP contribution in [0.1, 0.15) is 22.3 Å². The van der Waals surface area contributed by atoms with Gasteiger partial charge in [-0.25, -0.2) is 4.98 Å². The van der Waals surface area contributed by atoms with Crippen molar-refractivity contribution in [3.05, 3.63) is 65.0 Å². The number of aryl methyl sites for hydroxylation is 2. The lowest BCUT2D eigenvalue weighted by atomic mass is 10.1. The summed E-state index contributed by atoms with van der Waals surface area (Å²) in [5.41, 5.74) is 3.83. The second-order valence-electron chi connectivity index (χ2n) is 5.57. The van der Waals surface area contributed by atoms with E-state index in [1.165, 1.54) is 17.2 Å². The molecule has 1 heterocycles. The molecule has 114 valence electrons. The molecule has 0 saturated heterocycles. The third-order valence-corrected chi connectivity index (χ3v) is 3.58. The molecule has 3 rings (SSSR count). The van der Waals surface area contributed by atoms with Crippen molar-refractivity contribution in [2.45, 2.75) is 26.6 Å². The second-order valence-corrected chi connectivity index (χ2v) is 5.57. The van der Waals surface area contributed by atoms with E-state index in [0.29, 0.717) is 17.6 Å². The zero-order chi connectivity index (χ0) is 15.9. The number of hydrogen-bond acceptors (Lipinski definition) is 1. The Hall–Kier alpha value is -2.30. The van der Waals surface area contributed by atoms with Crippen LogP contribution in [0.4, 0.5) is 13.2 Å². The van der Waals surface area contributed by atoms with Crippen molar-refractivity contribution in [2.75, 3.05) is 0 Å². The Bertz CT molecular complexity index is 811. The molecule has 2 aromatic carbocycles. The van der Waals surface area contributed by atoms with E-state index in [1.54, 1.807) is 6.33 Å². The van der Waals surface area contributed by atoms with Crippen molar-refractivity contribution < 1.29 is 13.2 Å². The number of nitrogens with zero attached hydrogens (tertiary/aromatic N) is 2. The Morgan fingerprint density at radius 1 is 1.00 bits per heavy atom. The minimum Gasteiger partial charge on any atom is -0.326 e. The van der Waals surface area contributed by atoms with E-state index < -0.39 is 11.7 Å². The van der Waals surface area contributed by atoms with E-state index in [0.717, 1.165) is 17.7 Å². The van der Waals surface area contributed by atoms with Crippen LogP contribution in [0.3, 0.4) is 0 Å². The fourth-order valence-corrected chi connectivity index (χ4v) is 2.72. The maximum atomic E-state index is 12.7. The molecule has 22 heavy (non-hydrogen) atoms. The van der Waals surface area contributed by atoms with E-state index in [4.69, 9.17) is 0 Å². The Labute approximate surface area is 126 Å². The summed E-state index contributed by atoms with van der Waals surface area (Å²) in [7, 11) is 0. The molecule has 0 atom stereocenters. The number of imidazole rings is 1. The van der Waals surface area contributed by atoms with Gasteiger partial charge < -0.3 is 4.57 Å². The summed E-state index contributed by atoms with van der Waals surface area (Å²) >= 11 is 0. The maximum absolute atomic E-state index is 12.7. The first-order valence-electron chi connectivity index (χ1n) is 6.92. The molecule has 0 aliphatic carbocycles. The van der Waals surface area contributed by atoms with Crippen LogP contribution in [-0.4, -0.2) is 9.55 Å². The monoisotopic (exact) mass is 304 g/mol. The normalized spacial score (nSPS) is 12.0. The number of benzene rings is 2. The molecule has 5 heteroatoms. The van der Waals surface area contributed by atoms with Gasteiger partial charge in [0.2, 0.25) is 0 Å². The first-order chi connectivity index (χ1) is 10.3. The van der Waals surface area contributed by atoms with Crippen molar-refractivity contribution >= 4 is 11.0 Å². The molecule has 2 nitrogen and oxygen atoms in total. The molecule has 0 N–H and O–H groups in total. The van der Waals surface area contributed by atoms with Gasteiger partial charge in [0.05, 0.1) is 22.9 Å². The van der Waals surface area contributed by atoms with Crippen molar-refractivity contribution in [1.82, 2.24) is 9.55 Å². The lowest BCUT2D eigenvalue weighted by Gasteiger charge is -2.09. The molecule has 0 fully saturated rings. The van der Waals surface area contributed by atoms with Gasteiger partial charge in [0, 0.05) is 6.54 Å². The Morgan fingerprint density at radius 2 is 1.68 bits per heavy atom. The van der Waals surface area contributed by atoms with Crippen LogP contribution >= 0.6 is 0 Å². The van der Waals surface area contributed by atoms with Gasteiger partial charge in [-0.2, -0.15) is 13.2 Å². The lowest BCUT2D eigenvalue weighted by Crippen LogP contribution is -2.04. The molecule has 0 aliphatic heterocycles. The highest BCUT2D eigenvalue weighted by Gasteiger charge is 2.30. The molecule has 0 amide bonds. The quantitative estimate of drug-likeness (QED) is 0.670. The highest BCUT2D eigenvalue weighted by molar-refractivity contribution is 5.76.